The summed E-state index contributed by atoms with van der Waals surface area (Å²) in [6.45, 7) is 2.60. The number of benzene rings is 1. The molecule has 3 rings (SSSR count). The van der Waals surface area contributed by atoms with Crippen LogP contribution in [0, 0.1) is 6.92 Å². The molecule has 3 nitrogen and oxygen atoms in total. The topological polar surface area (TPSA) is 30.7 Å². The Morgan fingerprint density at radius 1 is 1.14 bits per heavy atom. The lowest BCUT2D eigenvalue weighted by atomic mass is 10.2. The first-order valence-corrected chi connectivity index (χ1v) is 7.69. The molecule has 2 heterocycles. The van der Waals surface area contributed by atoms with E-state index in [4.69, 9.17) is 34.8 Å². The standard InChI is InChI=1S/C15H12Cl3N3/c1-9-2-3-10(7-19-9)8-21-14-5-12(18)11(17)4-13(14)20-15(21)6-16/h2-5,7H,6,8H2,1H3. The van der Waals surface area contributed by atoms with Crippen molar-refractivity contribution in [2.45, 2.75) is 19.3 Å². The van der Waals surface area contributed by atoms with Gasteiger partial charge in [-0.1, -0.05) is 29.3 Å². The van der Waals surface area contributed by atoms with E-state index in [0.717, 1.165) is 28.1 Å². The van der Waals surface area contributed by atoms with Gasteiger partial charge in [0.2, 0.25) is 0 Å². The number of alkyl halides is 1. The van der Waals surface area contributed by atoms with Crippen molar-refractivity contribution in [3.8, 4) is 0 Å². The van der Waals surface area contributed by atoms with Gasteiger partial charge in [-0.3, -0.25) is 4.98 Å². The van der Waals surface area contributed by atoms with E-state index >= 15 is 0 Å². The van der Waals surface area contributed by atoms with E-state index in [0.29, 0.717) is 22.5 Å². The number of fused-ring (bicyclic) bond motifs is 1. The van der Waals surface area contributed by atoms with Gasteiger partial charge in [-0.15, -0.1) is 11.6 Å². The van der Waals surface area contributed by atoms with E-state index in [1.807, 2.05) is 35.9 Å². The maximum absolute atomic E-state index is 6.12. The van der Waals surface area contributed by atoms with Crippen molar-refractivity contribution in [3.63, 3.8) is 0 Å². The molecular formula is C15H12Cl3N3. The summed E-state index contributed by atoms with van der Waals surface area (Å²) in [5.74, 6) is 1.11. The summed E-state index contributed by atoms with van der Waals surface area (Å²) in [5, 5.41) is 1.00. The van der Waals surface area contributed by atoms with Crippen molar-refractivity contribution in [1.29, 1.82) is 0 Å². The van der Waals surface area contributed by atoms with E-state index in [2.05, 4.69) is 9.97 Å². The fourth-order valence-electron chi connectivity index (χ4n) is 2.22. The van der Waals surface area contributed by atoms with Crippen molar-refractivity contribution >= 4 is 45.8 Å². The molecule has 0 unspecified atom stereocenters. The predicted octanol–water partition coefficient (Wildman–Crippen LogP) is 4.83. The lowest BCUT2D eigenvalue weighted by molar-refractivity contribution is 0.774. The number of rotatable bonds is 3. The third-order valence-electron chi connectivity index (χ3n) is 3.30. The minimum atomic E-state index is 0.323. The van der Waals surface area contributed by atoms with Gasteiger partial charge >= 0.3 is 0 Å². The van der Waals surface area contributed by atoms with Crippen LogP contribution in [0.1, 0.15) is 17.1 Å². The molecule has 0 N–H and O–H groups in total. The van der Waals surface area contributed by atoms with Crippen molar-refractivity contribution in [2.24, 2.45) is 0 Å². The molecule has 0 radical (unpaired) electrons. The number of imidazole rings is 1. The molecule has 0 aliphatic heterocycles. The molecule has 0 spiro atoms. The van der Waals surface area contributed by atoms with Crippen molar-refractivity contribution in [2.75, 3.05) is 0 Å². The van der Waals surface area contributed by atoms with Crippen molar-refractivity contribution in [1.82, 2.24) is 14.5 Å². The zero-order chi connectivity index (χ0) is 15.0. The van der Waals surface area contributed by atoms with Gasteiger partial charge < -0.3 is 4.57 Å². The summed E-state index contributed by atoms with van der Waals surface area (Å²) in [7, 11) is 0. The lowest BCUT2D eigenvalue weighted by Gasteiger charge is -2.08. The van der Waals surface area contributed by atoms with Crippen LogP contribution in [0.5, 0.6) is 0 Å². The van der Waals surface area contributed by atoms with Crippen molar-refractivity contribution in [3.05, 3.63) is 57.6 Å². The molecule has 0 saturated carbocycles. The second kappa shape index (κ2) is 5.84. The average molecular weight is 341 g/mol. The summed E-state index contributed by atoms with van der Waals surface area (Å²) in [6, 6.07) is 7.62. The molecule has 0 saturated heterocycles. The summed E-state index contributed by atoms with van der Waals surface area (Å²) >= 11 is 18.2. The van der Waals surface area contributed by atoms with Crippen LogP contribution in [0.2, 0.25) is 10.0 Å². The SMILES string of the molecule is Cc1ccc(Cn2c(CCl)nc3cc(Cl)c(Cl)cc32)cn1. The first kappa shape index (κ1) is 14.6. The van der Waals surface area contributed by atoms with E-state index in [1.165, 1.54) is 0 Å². The van der Waals surface area contributed by atoms with Crippen LogP contribution < -0.4 is 0 Å². The minimum absolute atomic E-state index is 0.323. The molecule has 108 valence electrons. The summed E-state index contributed by atoms with van der Waals surface area (Å²) < 4.78 is 2.04. The Kier molecular flexibility index (Phi) is 4.07. The molecule has 6 heteroatoms. The Balaban J connectivity index is 2.11. The Hall–Kier alpha value is -1.29. The zero-order valence-corrected chi connectivity index (χ0v) is 13.5. The quantitative estimate of drug-likeness (QED) is 0.639. The smallest absolute Gasteiger partial charge is 0.125 e. The Bertz CT molecular complexity index is 794. The molecule has 0 amide bonds. The fraction of sp³-hybridized carbons (Fsp3) is 0.200. The lowest BCUT2D eigenvalue weighted by Crippen LogP contribution is -2.04. The maximum Gasteiger partial charge on any atom is 0.125 e. The molecule has 0 aliphatic carbocycles. The fourth-order valence-corrected chi connectivity index (χ4v) is 2.74. The van der Waals surface area contributed by atoms with Crippen LogP contribution in [0.25, 0.3) is 11.0 Å². The molecule has 0 fully saturated rings. The minimum Gasteiger partial charge on any atom is -0.322 e. The van der Waals surface area contributed by atoms with Crippen LogP contribution in [0.3, 0.4) is 0 Å². The average Bonchev–Trinajstić information content (AvgIpc) is 2.79. The van der Waals surface area contributed by atoms with Crippen molar-refractivity contribution < 1.29 is 0 Å². The highest BCUT2D eigenvalue weighted by Gasteiger charge is 2.13. The molecule has 0 bridgehead atoms. The van der Waals surface area contributed by atoms with Crippen LogP contribution >= 0.6 is 34.8 Å². The van der Waals surface area contributed by atoms with Crippen LogP contribution in [-0.4, -0.2) is 14.5 Å². The Labute approximate surface area is 137 Å². The summed E-state index contributed by atoms with van der Waals surface area (Å²) in [6.07, 6.45) is 1.86. The Morgan fingerprint density at radius 2 is 1.90 bits per heavy atom. The number of hydrogen-bond donors (Lipinski definition) is 0. The molecule has 21 heavy (non-hydrogen) atoms. The molecule has 3 aromatic rings. The number of halogens is 3. The number of nitrogens with zero attached hydrogens (tertiary/aromatic N) is 3. The van der Waals surface area contributed by atoms with Gasteiger partial charge in [-0.25, -0.2) is 4.98 Å². The van der Waals surface area contributed by atoms with E-state index in [1.54, 1.807) is 6.07 Å². The summed E-state index contributed by atoms with van der Waals surface area (Å²) in [4.78, 5) is 8.83. The molecular weight excluding hydrogens is 329 g/mol. The normalized spacial score (nSPS) is 11.2. The number of aromatic nitrogens is 3. The number of aryl methyl sites for hydroxylation is 1. The molecule has 0 atom stereocenters. The third kappa shape index (κ3) is 2.86. The number of hydrogen-bond acceptors (Lipinski definition) is 2. The van der Waals surface area contributed by atoms with Gasteiger partial charge in [-0.05, 0) is 30.7 Å². The highest BCUT2D eigenvalue weighted by molar-refractivity contribution is 6.42. The molecule has 1 aromatic carbocycles. The number of pyridine rings is 1. The van der Waals surface area contributed by atoms with E-state index < -0.39 is 0 Å². The first-order valence-electron chi connectivity index (χ1n) is 6.40. The van der Waals surface area contributed by atoms with Gasteiger partial charge in [0, 0.05) is 11.9 Å². The largest absolute Gasteiger partial charge is 0.322 e. The van der Waals surface area contributed by atoms with Gasteiger partial charge in [0.25, 0.3) is 0 Å². The molecule has 0 aliphatic rings. The monoisotopic (exact) mass is 339 g/mol. The summed E-state index contributed by atoms with van der Waals surface area (Å²) in [5.41, 5.74) is 3.78. The maximum atomic E-state index is 6.12. The highest BCUT2D eigenvalue weighted by atomic mass is 35.5. The van der Waals surface area contributed by atoms with E-state index in [9.17, 15) is 0 Å². The van der Waals surface area contributed by atoms with Crippen LogP contribution in [0.15, 0.2) is 30.5 Å². The van der Waals surface area contributed by atoms with Gasteiger partial charge in [-0.2, -0.15) is 0 Å². The second-order valence-electron chi connectivity index (χ2n) is 4.81. The highest BCUT2D eigenvalue weighted by Crippen LogP contribution is 2.29. The third-order valence-corrected chi connectivity index (χ3v) is 4.26. The Morgan fingerprint density at radius 3 is 2.57 bits per heavy atom. The van der Waals surface area contributed by atoms with Crippen LogP contribution in [0.4, 0.5) is 0 Å². The predicted molar refractivity (Wildman–Crippen MR) is 87.4 cm³/mol. The zero-order valence-electron chi connectivity index (χ0n) is 11.3. The van der Waals surface area contributed by atoms with Gasteiger partial charge in [0.05, 0.1) is 33.5 Å². The second-order valence-corrected chi connectivity index (χ2v) is 5.89. The van der Waals surface area contributed by atoms with E-state index in [-0.39, 0.29) is 0 Å². The first-order chi connectivity index (χ1) is 10.1. The van der Waals surface area contributed by atoms with Gasteiger partial charge in [0.15, 0.2) is 0 Å². The van der Waals surface area contributed by atoms with Crippen LogP contribution in [-0.2, 0) is 12.4 Å². The molecule has 2 aromatic heterocycles. The van der Waals surface area contributed by atoms with Gasteiger partial charge in [0.1, 0.15) is 5.82 Å².